The minimum atomic E-state index is 0.494. The second-order valence-corrected chi connectivity index (χ2v) is 12.1. The van der Waals surface area contributed by atoms with Gasteiger partial charge in [-0.2, -0.15) is 0 Å². The molecule has 0 aliphatic carbocycles. The Balaban J connectivity index is 1.39. The zero-order chi connectivity index (χ0) is 34.5. The van der Waals surface area contributed by atoms with Crippen LogP contribution in [-0.2, 0) is 0 Å². The van der Waals surface area contributed by atoms with E-state index in [1.54, 1.807) is 25.5 Å². The molecule has 0 aliphatic rings. The first kappa shape index (κ1) is 31.9. The first-order valence-electron chi connectivity index (χ1n) is 16.3. The van der Waals surface area contributed by atoms with Crippen molar-refractivity contribution in [1.82, 2.24) is 24.9 Å². The van der Waals surface area contributed by atoms with Crippen molar-refractivity contribution in [2.75, 3.05) is 0 Å². The summed E-state index contributed by atoms with van der Waals surface area (Å²) in [5.41, 5.74) is 11.9. The maximum Gasteiger partial charge on any atom is 0.164 e. The summed E-state index contributed by atoms with van der Waals surface area (Å²) in [5.74, 6) is 1.80. The molecule has 6 heteroatoms. The summed E-state index contributed by atoms with van der Waals surface area (Å²) in [7, 11) is 0. The molecule has 0 saturated heterocycles. The van der Waals surface area contributed by atoms with Crippen LogP contribution in [0.5, 0.6) is 0 Å². The highest BCUT2D eigenvalue weighted by atomic mass is 15.0. The van der Waals surface area contributed by atoms with Gasteiger partial charge in [0.15, 0.2) is 17.5 Å². The smallest absolute Gasteiger partial charge is 0.164 e. The number of aromatic nitrogens is 5. The van der Waals surface area contributed by atoms with Crippen molar-refractivity contribution in [3.8, 4) is 67.7 Å². The minimum Gasteiger partial charge on any atom is -0.305 e. The molecule has 0 amide bonds. The van der Waals surface area contributed by atoms with E-state index in [0.717, 1.165) is 66.9 Å². The van der Waals surface area contributed by atoms with Gasteiger partial charge in [-0.1, -0.05) is 127 Å². The average Bonchev–Trinajstić information content (AvgIpc) is 3.17. The molecule has 5 aromatic carbocycles. The van der Waals surface area contributed by atoms with Gasteiger partial charge >= 0.3 is 0 Å². The van der Waals surface area contributed by atoms with E-state index in [4.69, 9.17) is 20.4 Å². The molecule has 0 spiro atoms. The molecule has 6 nitrogen and oxygen atoms in total. The molecule has 0 aliphatic heterocycles. The predicted molar refractivity (Wildman–Crippen MR) is 204 cm³/mol. The quantitative estimate of drug-likeness (QED) is 0.125. The summed E-state index contributed by atoms with van der Waals surface area (Å²) >= 11 is 0. The molecule has 240 valence electrons. The Hall–Kier alpha value is -6.66. The number of hydrogen-bond donors (Lipinski definition) is 1. The summed E-state index contributed by atoms with van der Waals surface area (Å²) in [4.78, 5) is 23.7. The molecule has 7 rings (SSSR count). The molecule has 2 aromatic heterocycles. The van der Waals surface area contributed by atoms with Gasteiger partial charge in [-0.25, -0.2) is 15.0 Å². The third kappa shape index (κ3) is 7.10. The van der Waals surface area contributed by atoms with Crippen LogP contribution in [0.2, 0.25) is 0 Å². The van der Waals surface area contributed by atoms with E-state index >= 15 is 0 Å². The van der Waals surface area contributed by atoms with E-state index in [0.29, 0.717) is 23.2 Å². The molecule has 0 atom stereocenters. The fraction of sp³-hybridized carbons (Fsp3) is 0.0455. The lowest BCUT2D eigenvalue weighted by Gasteiger charge is -2.13. The fourth-order valence-electron chi connectivity index (χ4n) is 5.81. The van der Waals surface area contributed by atoms with Gasteiger partial charge in [0.05, 0.1) is 11.9 Å². The third-order valence-corrected chi connectivity index (χ3v) is 8.29. The molecule has 0 fully saturated rings. The van der Waals surface area contributed by atoms with Crippen LogP contribution in [-0.4, -0.2) is 30.6 Å². The van der Waals surface area contributed by atoms with Crippen molar-refractivity contribution >= 4 is 11.3 Å². The Bertz CT molecular complexity index is 2270. The van der Waals surface area contributed by atoms with Gasteiger partial charge in [-0.3, -0.25) is 9.97 Å². The van der Waals surface area contributed by atoms with Crippen LogP contribution in [0.3, 0.4) is 0 Å². The summed E-state index contributed by atoms with van der Waals surface area (Å²) < 4.78 is 0. The van der Waals surface area contributed by atoms with E-state index in [2.05, 4.69) is 83.3 Å². The molecule has 7 aromatic rings. The first-order chi connectivity index (χ1) is 24.4. The summed E-state index contributed by atoms with van der Waals surface area (Å²) in [6.45, 7) is 7.77. The number of nitrogens with zero attached hydrogens (tertiary/aromatic N) is 5. The van der Waals surface area contributed by atoms with Crippen LogP contribution < -0.4 is 0 Å². The Morgan fingerprint density at radius 1 is 0.540 bits per heavy atom. The lowest BCUT2D eigenvalue weighted by molar-refractivity contribution is 1.07. The summed E-state index contributed by atoms with van der Waals surface area (Å²) in [6, 6.07) is 43.2. The number of allylic oxidation sites excluding steroid dienone is 3. The molecule has 2 heterocycles. The van der Waals surface area contributed by atoms with Crippen molar-refractivity contribution in [3.63, 3.8) is 0 Å². The Labute approximate surface area is 292 Å². The van der Waals surface area contributed by atoms with Crippen molar-refractivity contribution in [3.05, 3.63) is 170 Å². The second kappa shape index (κ2) is 14.2. The van der Waals surface area contributed by atoms with Crippen LogP contribution >= 0.6 is 0 Å². The largest absolute Gasteiger partial charge is 0.305 e. The molecule has 50 heavy (non-hydrogen) atoms. The fourth-order valence-corrected chi connectivity index (χ4v) is 5.81. The number of nitrogens with one attached hydrogen (secondary N) is 1. The van der Waals surface area contributed by atoms with E-state index < -0.39 is 0 Å². The normalized spacial score (nSPS) is 11.3. The lowest BCUT2D eigenvalue weighted by Crippen LogP contribution is -2.00. The topological polar surface area (TPSA) is 88.3 Å². The van der Waals surface area contributed by atoms with E-state index in [1.165, 1.54) is 0 Å². The molecular formula is C44H34N6. The SMILES string of the molecule is C=C(C)/C=C(\C(C)=N)c1ccc(-c2cc(-c3ccc(-c4cnccn4)cc3)cc(-c3nc(-c4ccccc4)nc(-c4ccccc4)n3)c2)cc1. The van der Waals surface area contributed by atoms with Gasteiger partial charge in [0.25, 0.3) is 0 Å². The highest BCUT2D eigenvalue weighted by Gasteiger charge is 2.15. The van der Waals surface area contributed by atoms with Gasteiger partial charge in [-0.05, 0) is 59.9 Å². The van der Waals surface area contributed by atoms with Crippen molar-refractivity contribution in [1.29, 1.82) is 5.41 Å². The zero-order valence-corrected chi connectivity index (χ0v) is 27.9. The maximum absolute atomic E-state index is 8.34. The third-order valence-electron chi connectivity index (χ3n) is 8.29. The lowest BCUT2D eigenvalue weighted by atomic mass is 9.93. The van der Waals surface area contributed by atoms with E-state index in [1.807, 2.05) is 73.7 Å². The Morgan fingerprint density at radius 2 is 1.02 bits per heavy atom. The summed E-state index contributed by atoms with van der Waals surface area (Å²) in [5, 5.41) is 8.34. The molecule has 1 N–H and O–H groups in total. The Kier molecular flexibility index (Phi) is 9.08. The first-order valence-corrected chi connectivity index (χ1v) is 16.3. The Morgan fingerprint density at radius 3 is 1.50 bits per heavy atom. The van der Waals surface area contributed by atoms with Gasteiger partial charge < -0.3 is 5.41 Å². The number of hydrogen-bond acceptors (Lipinski definition) is 6. The predicted octanol–water partition coefficient (Wildman–Crippen LogP) is 10.7. The number of rotatable bonds is 9. The van der Waals surface area contributed by atoms with Gasteiger partial charge in [0, 0.05) is 45.9 Å². The molecule has 0 bridgehead atoms. The molecular weight excluding hydrogens is 613 g/mol. The standard InChI is InChI=1S/C44H34N6/c1-29(2)24-40(30(3)45)33-18-14-31(15-19-33)37-25-38(32-16-20-34(21-17-32)41-28-46-22-23-47-41)27-39(26-37)44-49-42(35-10-6-4-7-11-35)48-43(50-44)36-12-8-5-9-13-36/h4-28,45H,1H2,2-3H3/b40-24+,45-30?. The maximum atomic E-state index is 8.34. The van der Waals surface area contributed by atoms with Crippen molar-refractivity contribution in [2.45, 2.75) is 13.8 Å². The van der Waals surface area contributed by atoms with Crippen LogP contribution in [0.15, 0.2) is 164 Å². The van der Waals surface area contributed by atoms with Crippen molar-refractivity contribution < 1.29 is 0 Å². The van der Waals surface area contributed by atoms with Gasteiger partial charge in [-0.15, -0.1) is 0 Å². The molecule has 0 radical (unpaired) electrons. The van der Waals surface area contributed by atoms with Gasteiger partial charge in [0.2, 0.25) is 0 Å². The van der Waals surface area contributed by atoms with Crippen LogP contribution in [0.4, 0.5) is 0 Å². The highest BCUT2D eigenvalue weighted by Crippen LogP contribution is 2.34. The minimum absolute atomic E-state index is 0.494. The number of benzene rings is 5. The average molecular weight is 647 g/mol. The molecule has 0 saturated carbocycles. The summed E-state index contributed by atoms with van der Waals surface area (Å²) in [6.07, 6.45) is 7.10. The highest BCUT2D eigenvalue weighted by molar-refractivity contribution is 6.21. The van der Waals surface area contributed by atoms with Crippen LogP contribution in [0, 0.1) is 5.41 Å². The molecule has 0 unspecified atom stereocenters. The monoisotopic (exact) mass is 646 g/mol. The van der Waals surface area contributed by atoms with E-state index in [9.17, 15) is 0 Å². The van der Waals surface area contributed by atoms with Crippen LogP contribution in [0.1, 0.15) is 19.4 Å². The second-order valence-electron chi connectivity index (χ2n) is 12.1. The zero-order valence-electron chi connectivity index (χ0n) is 27.9. The van der Waals surface area contributed by atoms with E-state index in [-0.39, 0.29) is 0 Å². The van der Waals surface area contributed by atoms with Gasteiger partial charge in [0.1, 0.15) is 0 Å². The van der Waals surface area contributed by atoms with Crippen molar-refractivity contribution in [2.24, 2.45) is 0 Å². The van der Waals surface area contributed by atoms with Crippen LogP contribution in [0.25, 0.3) is 73.2 Å².